The maximum Gasteiger partial charge on any atom is 0.259 e. The van der Waals surface area contributed by atoms with Crippen molar-refractivity contribution in [3.05, 3.63) is 64.0 Å². The summed E-state index contributed by atoms with van der Waals surface area (Å²) in [4.78, 5) is 34.0. The number of carbonyl (C=O) groups is 2. The molecule has 0 spiro atoms. The topological polar surface area (TPSA) is 53.5 Å². The Labute approximate surface area is 192 Å². The fraction of sp³-hybridized carbons (Fsp3) is 0.346. The predicted octanol–water partition coefficient (Wildman–Crippen LogP) is 5.39. The molecule has 0 N–H and O–H groups in total. The number of rotatable bonds is 4. The van der Waals surface area contributed by atoms with Crippen LogP contribution in [0, 0.1) is 19.8 Å². The third kappa shape index (κ3) is 3.84. The molecule has 1 saturated carbocycles. The largest absolute Gasteiger partial charge is 0.312 e. The molecule has 0 unspecified atom stereocenters. The van der Waals surface area contributed by atoms with Gasteiger partial charge in [0.05, 0.1) is 5.69 Å². The van der Waals surface area contributed by atoms with Crippen LogP contribution in [-0.2, 0) is 11.2 Å². The number of thiazole rings is 1. The van der Waals surface area contributed by atoms with E-state index in [2.05, 4.69) is 12.1 Å². The average molecular weight is 446 g/mol. The Bertz CT molecular complexity index is 1210. The molecule has 32 heavy (non-hydrogen) atoms. The summed E-state index contributed by atoms with van der Waals surface area (Å²) in [5.41, 5.74) is 7.09. The van der Waals surface area contributed by atoms with Gasteiger partial charge in [-0.2, -0.15) is 0 Å². The molecule has 2 amide bonds. The molecule has 1 aliphatic carbocycles. The molecular formula is C26H27N3O2S. The summed E-state index contributed by atoms with van der Waals surface area (Å²) in [5, 5.41) is 2.67. The number of hydrogen-bond donors (Lipinski definition) is 0. The van der Waals surface area contributed by atoms with Crippen molar-refractivity contribution in [3.63, 3.8) is 0 Å². The van der Waals surface area contributed by atoms with E-state index in [1.54, 1.807) is 11.9 Å². The van der Waals surface area contributed by atoms with Gasteiger partial charge in [0.1, 0.15) is 0 Å². The van der Waals surface area contributed by atoms with Gasteiger partial charge in [-0.1, -0.05) is 12.1 Å². The van der Waals surface area contributed by atoms with Crippen LogP contribution in [0.4, 0.5) is 10.8 Å². The first-order valence-electron chi connectivity index (χ1n) is 11.2. The SMILES string of the molecule is Cc1ccc(C(=O)N(C)c2nc(-c3ccc4c(c3)CCCN4C(=O)C3CC3)cs2)cc1C. The Hall–Kier alpha value is -2.99. The van der Waals surface area contributed by atoms with Gasteiger partial charge in [-0.25, -0.2) is 4.98 Å². The number of benzene rings is 2. The van der Waals surface area contributed by atoms with Crippen LogP contribution < -0.4 is 9.80 Å². The third-order valence-electron chi connectivity index (χ3n) is 6.52. The van der Waals surface area contributed by atoms with E-state index in [1.807, 2.05) is 48.4 Å². The highest BCUT2D eigenvalue weighted by molar-refractivity contribution is 7.14. The first kappa shape index (κ1) is 20.9. The maximum atomic E-state index is 13.0. The van der Waals surface area contributed by atoms with Gasteiger partial charge >= 0.3 is 0 Å². The van der Waals surface area contributed by atoms with Crippen molar-refractivity contribution in [2.75, 3.05) is 23.4 Å². The number of nitrogens with zero attached hydrogens (tertiary/aromatic N) is 3. The summed E-state index contributed by atoms with van der Waals surface area (Å²) >= 11 is 1.47. The van der Waals surface area contributed by atoms with Gasteiger partial charge in [-0.05, 0) is 80.5 Å². The highest BCUT2D eigenvalue weighted by atomic mass is 32.1. The van der Waals surface area contributed by atoms with Crippen molar-refractivity contribution in [2.24, 2.45) is 5.92 Å². The number of carbonyl (C=O) groups excluding carboxylic acids is 2. The summed E-state index contributed by atoms with van der Waals surface area (Å²) in [7, 11) is 1.77. The van der Waals surface area contributed by atoms with Gasteiger partial charge in [-0.3, -0.25) is 14.5 Å². The number of hydrogen-bond acceptors (Lipinski definition) is 4. The Kier molecular flexibility index (Phi) is 5.33. The highest BCUT2D eigenvalue weighted by Gasteiger charge is 2.35. The monoisotopic (exact) mass is 445 g/mol. The van der Waals surface area contributed by atoms with Crippen molar-refractivity contribution in [1.82, 2.24) is 4.98 Å². The van der Waals surface area contributed by atoms with Crippen LogP contribution in [-0.4, -0.2) is 30.4 Å². The Morgan fingerprint density at radius 2 is 1.91 bits per heavy atom. The molecule has 5 nitrogen and oxygen atoms in total. The van der Waals surface area contributed by atoms with Gasteiger partial charge < -0.3 is 4.90 Å². The molecule has 0 bridgehead atoms. The van der Waals surface area contributed by atoms with E-state index in [0.29, 0.717) is 10.7 Å². The van der Waals surface area contributed by atoms with Gasteiger partial charge in [0.2, 0.25) is 5.91 Å². The van der Waals surface area contributed by atoms with E-state index in [9.17, 15) is 9.59 Å². The predicted molar refractivity (Wildman–Crippen MR) is 130 cm³/mol. The molecule has 164 valence electrons. The molecule has 1 fully saturated rings. The Morgan fingerprint density at radius 3 is 2.66 bits per heavy atom. The lowest BCUT2D eigenvalue weighted by molar-refractivity contribution is -0.119. The van der Waals surface area contributed by atoms with Crippen LogP contribution >= 0.6 is 11.3 Å². The summed E-state index contributed by atoms with van der Waals surface area (Å²) in [6.07, 6.45) is 4.02. The summed E-state index contributed by atoms with van der Waals surface area (Å²) < 4.78 is 0. The first-order chi connectivity index (χ1) is 15.4. The number of aryl methyl sites for hydroxylation is 3. The molecule has 2 heterocycles. The first-order valence-corrected chi connectivity index (χ1v) is 12.1. The maximum absolute atomic E-state index is 13.0. The van der Waals surface area contributed by atoms with E-state index < -0.39 is 0 Å². The lowest BCUT2D eigenvalue weighted by Gasteiger charge is -2.30. The van der Waals surface area contributed by atoms with Crippen LogP contribution in [0.1, 0.15) is 46.3 Å². The van der Waals surface area contributed by atoms with E-state index >= 15 is 0 Å². The minimum Gasteiger partial charge on any atom is -0.312 e. The second-order valence-electron chi connectivity index (χ2n) is 8.89. The molecule has 5 rings (SSSR count). The molecule has 6 heteroatoms. The minimum atomic E-state index is -0.0614. The fourth-order valence-corrected chi connectivity index (χ4v) is 5.04. The molecule has 0 atom stereocenters. The number of fused-ring (bicyclic) bond motifs is 1. The van der Waals surface area contributed by atoms with Crippen LogP contribution in [0.3, 0.4) is 0 Å². The van der Waals surface area contributed by atoms with E-state index in [4.69, 9.17) is 4.98 Å². The molecule has 2 aromatic carbocycles. The zero-order valence-corrected chi connectivity index (χ0v) is 19.5. The van der Waals surface area contributed by atoms with Crippen molar-refractivity contribution in [2.45, 2.75) is 39.5 Å². The number of amides is 2. The summed E-state index contributed by atoms with van der Waals surface area (Å²) in [6, 6.07) is 12.0. The summed E-state index contributed by atoms with van der Waals surface area (Å²) in [5.74, 6) is 0.446. The molecule has 1 aromatic heterocycles. The van der Waals surface area contributed by atoms with Crippen molar-refractivity contribution in [3.8, 4) is 11.3 Å². The van der Waals surface area contributed by atoms with E-state index in [0.717, 1.165) is 54.7 Å². The molecule has 2 aliphatic rings. The number of aromatic nitrogens is 1. The minimum absolute atomic E-state index is 0.0614. The molecule has 0 saturated heterocycles. The van der Waals surface area contributed by atoms with E-state index in [-0.39, 0.29) is 17.7 Å². The van der Waals surface area contributed by atoms with Crippen LogP contribution in [0.2, 0.25) is 0 Å². The lowest BCUT2D eigenvalue weighted by Crippen LogP contribution is -2.36. The molecular weight excluding hydrogens is 418 g/mol. The second-order valence-corrected chi connectivity index (χ2v) is 9.73. The molecule has 1 aliphatic heterocycles. The zero-order chi connectivity index (χ0) is 22.4. The van der Waals surface area contributed by atoms with Crippen molar-refractivity contribution in [1.29, 1.82) is 0 Å². The smallest absolute Gasteiger partial charge is 0.259 e. The van der Waals surface area contributed by atoms with E-state index in [1.165, 1.54) is 22.5 Å². The van der Waals surface area contributed by atoms with Gasteiger partial charge in [0, 0.05) is 41.7 Å². The van der Waals surface area contributed by atoms with Gasteiger partial charge in [0.15, 0.2) is 5.13 Å². The van der Waals surface area contributed by atoms with Crippen LogP contribution in [0.15, 0.2) is 41.8 Å². The van der Waals surface area contributed by atoms with Crippen LogP contribution in [0.5, 0.6) is 0 Å². The molecule has 0 radical (unpaired) electrons. The number of anilines is 2. The summed E-state index contributed by atoms with van der Waals surface area (Å²) in [6.45, 7) is 4.87. The van der Waals surface area contributed by atoms with Gasteiger partial charge in [-0.15, -0.1) is 11.3 Å². The van der Waals surface area contributed by atoms with Crippen molar-refractivity contribution >= 4 is 34.0 Å². The standard InChI is InChI=1S/C26H27N3O2S/c1-16-6-7-21(13-17(16)2)24(30)28(3)26-27-22(15-32-26)19-10-11-23-20(14-19)5-4-12-29(23)25(31)18-8-9-18/h6-7,10-11,13-15,18H,4-5,8-9,12H2,1-3H3. The zero-order valence-electron chi connectivity index (χ0n) is 18.7. The highest BCUT2D eigenvalue weighted by Crippen LogP contribution is 2.38. The Balaban J connectivity index is 1.38. The normalized spacial score (nSPS) is 15.4. The van der Waals surface area contributed by atoms with Gasteiger partial charge in [0.25, 0.3) is 5.91 Å². The second kappa shape index (κ2) is 8.17. The fourth-order valence-electron chi connectivity index (χ4n) is 4.24. The quantitative estimate of drug-likeness (QED) is 0.541. The molecule has 3 aromatic rings. The Morgan fingerprint density at radius 1 is 1.09 bits per heavy atom. The lowest BCUT2D eigenvalue weighted by atomic mass is 9.98. The van der Waals surface area contributed by atoms with Crippen LogP contribution in [0.25, 0.3) is 11.3 Å². The third-order valence-corrected chi connectivity index (χ3v) is 7.44. The average Bonchev–Trinajstić information content (AvgIpc) is 3.55. The van der Waals surface area contributed by atoms with Crippen molar-refractivity contribution < 1.29 is 9.59 Å².